The molecule has 0 aromatic heterocycles. The van der Waals surface area contributed by atoms with Crippen LogP contribution in [0.2, 0.25) is 0 Å². The second-order valence-electron chi connectivity index (χ2n) is 3.56. The Hall–Kier alpha value is -1.11. The number of halogens is 6. The van der Waals surface area contributed by atoms with Crippen molar-refractivity contribution in [2.45, 2.75) is 52.9 Å². The molecule has 0 spiro atoms. The van der Waals surface area contributed by atoms with Crippen molar-refractivity contribution in [2.24, 2.45) is 0 Å². The fraction of sp³-hybridized carbons (Fsp3) is 0.533. The minimum atomic E-state index is -8.55. The van der Waals surface area contributed by atoms with Gasteiger partial charge in [-0.3, -0.25) is 0 Å². The van der Waals surface area contributed by atoms with E-state index in [1.54, 1.807) is 6.92 Å². The summed E-state index contributed by atoms with van der Waals surface area (Å²) in [7, 11) is -8.55. The maximum absolute atomic E-state index is 9.84. The van der Waals surface area contributed by atoms with Gasteiger partial charge < -0.3 is 31.4 Å². The van der Waals surface area contributed by atoms with E-state index in [0.29, 0.717) is 0 Å². The van der Waals surface area contributed by atoms with E-state index in [1.807, 2.05) is 20.3 Å². The van der Waals surface area contributed by atoms with Crippen LogP contribution in [0.15, 0.2) is 0 Å². The van der Waals surface area contributed by atoms with Crippen molar-refractivity contribution >= 4 is 14.4 Å². The average molecular weight is 496 g/mol. The van der Waals surface area contributed by atoms with Crippen LogP contribution in [0.5, 0.6) is 0 Å². The predicted octanol–water partition coefficient (Wildman–Crippen LogP) is 4.93. The van der Waals surface area contributed by atoms with Crippen molar-refractivity contribution in [1.82, 2.24) is 0 Å². The zero-order valence-electron chi connectivity index (χ0n) is 15.5. The summed E-state index contributed by atoms with van der Waals surface area (Å²) < 4.78 is 49.2. The summed E-state index contributed by atoms with van der Waals surface area (Å²) in [5, 5.41) is 21.9. The van der Waals surface area contributed by atoms with E-state index in [1.165, 1.54) is 44.2 Å². The summed E-state index contributed by atoms with van der Waals surface area (Å²) in [5.74, 6) is 0. The van der Waals surface area contributed by atoms with Crippen LogP contribution in [-0.2, 0) is 19.5 Å². The van der Waals surface area contributed by atoms with Crippen LogP contribution in [0.3, 0.4) is 0 Å². The van der Waals surface area contributed by atoms with Crippen molar-refractivity contribution in [3.63, 3.8) is 0 Å². The van der Waals surface area contributed by atoms with Crippen molar-refractivity contribution in [3.8, 4) is 12.1 Å². The molecule has 0 bridgehead atoms. The van der Waals surface area contributed by atoms with E-state index < -0.39 is 8.16 Å². The zero-order valence-corrected chi connectivity index (χ0v) is 18.1. The summed E-state index contributed by atoms with van der Waals surface area (Å²) >= 11 is 0. The Balaban J connectivity index is -0.0000000251. The predicted molar refractivity (Wildman–Crippen MR) is 94.6 cm³/mol. The SMILES string of the molecule is C1CCCC1.CC=[N-].C[CH+]C.FP(F)(F)(F)F.[CH2-]C#N.[CH2-]C#N.[CH3-].[F-].[Ru+4]. The topological polar surface area (TPSA) is 69.9 Å². The Labute approximate surface area is 168 Å². The van der Waals surface area contributed by atoms with Gasteiger partial charge in [0, 0.05) is 0 Å². The zero-order chi connectivity index (χ0) is 19.8. The molecule has 0 amide bonds. The Bertz CT molecular complexity index is 273. The molecule has 1 saturated carbocycles. The van der Waals surface area contributed by atoms with Crippen LogP contribution >= 0.6 is 8.16 Å². The summed E-state index contributed by atoms with van der Waals surface area (Å²) in [6.45, 7) is 11.1. The average Bonchev–Trinajstić information content (AvgIpc) is 2.87. The van der Waals surface area contributed by atoms with Crippen LogP contribution in [0.1, 0.15) is 52.9 Å². The van der Waals surface area contributed by atoms with Crippen LogP contribution in [0.25, 0.3) is 5.41 Å². The molecule has 0 saturated heterocycles. The minimum Gasteiger partial charge on any atom is -1.00 e. The van der Waals surface area contributed by atoms with Crippen LogP contribution < -0.4 is 4.70 Å². The molecule has 0 N–H and O–H groups in total. The monoisotopic (exact) mass is 497 g/mol. The quantitative estimate of drug-likeness (QED) is 0.157. The second kappa shape index (κ2) is 39.1. The molecule has 0 unspecified atom stereocenters. The molecular formula is C15H28F6N3PRu. The second-order valence-corrected chi connectivity index (χ2v) is 4.84. The molecule has 11 heteroatoms. The molecule has 0 radical (unpaired) electrons. The molecule has 0 aromatic rings. The summed E-state index contributed by atoms with van der Waals surface area (Å²) in [6.07, 6.45) is 10.5. The first-order valence-corrected chi connectivity index (χ1v) is 8.18. The van der Waals surface area contributed by atoms with Gasteiger partial charge in [-0.15, -0.1) is 12.1 Å². The molecular weight excluding hydrogens is 468 g/mol. The van der Waals surface area contributed by atoms with Crippen molar-refractivity contribution in [3.05, 3.63) is 33.1 Å². The largest absolute Gasteiger partial charge is 4.00 e. The molecule has 26 heavy (non-hydrogen) atoms. The van der Waals surface area contributed by atoms with Crippen LogP contribution in [0, 0.1) is 50.4 Å². The molecule has 0 aliphatic heterocycles. The normalized spacial score (nSPS) is 10.6. The fourth-order valence-electron chi connectivity index (χ4n) is 0.884. The summed E-state index contributed by atoms with van der Waals surface area (Å²) in [5.41, 5.74) is 0. The minimum absolute atomic E-state index is 0. The van der Waals surface area contributed by atoms with Gasteiger partial charge in [0.05, 0.1) is 20.3 Å². The molecule has 1 aliphatic rings. The number of hydrogen-bond donors (Lipinski definition) is 0. The molecule has 1 aliphatic carbocycles. The maximum atomic E-state index is 9.84. The number of rotatable bonds is 0. The van der Waals surface area contributed by atoms with Crippen molar-refractivity contribution in [1.29, 1.82) is 10.5 Å². The molecule has 0 heterocycles. The molecule has 1 fully saturated rings. The summed E-state index contributed by atoms with van der Waals surface area (Å²) in [6, 6.07) is 3.00. The van der Waals surface area contributed by atoms with E-state index in [9.17, 15) is 21.0 Å². The van der Waals surface area contributed by atoms with E-state index in [4.69, 9.17) is 15.9 Å². The van der Waals surface area contributed by atoms with Gasteiger partial charge in [0.25, 0.3) is 0 Å². The number of nitriles is 2. The molecule has 3 nitrogen and oxygen atoms in total. The molecule has 1 rings (SSSR count). The van der Waals surface area contributed by atoms with Gasteiger partial charge in [-0.25, -0.2) is 16.7 Å². The van der Waals surface area contributed by atoms with Gasteiger partial charge >= 0.3 is 48.6 Å². The first-order valence-electron chi connectivity index (χ1n) is 6.49. The Morgan fingerprint density at radius 1 is 0.923 bits per heavy atom. The van der Waals surface area contributed by atoms with E-state index in [0.717, 1.165) is 6.21 Å². The van der Waals surface area contributed by atoms with Crippen molar-refractivity contribution < 1.29 is 45.2 Å². The Morgan fingerprint density at radius 2 is 0.962 bits per heavy atom. The first kappa shape index (κ1) is 49.8. The molecule has 158 valence electrons. The Morgan fingerprint density at radius 3 is 1.00 bits per heavy atom. The van der Waals surface area contributed by atoms with Gasteiger partial charge in [0.1, 0.15) is 0 Å². The fourth-order valence-corrected chi connectivity index (χ4v) is 0.884. The molecule has 0 atom stereocenters. The van der Waals surface area contributed by atoms with Gasteiger partial charge in [-0.2, -0.15) is 0 Å². The molecule has 0 aromatic carbocycles. The standard InChI is InChI=1S/C5H10.C3H7.C2H4N.2C2H2N.CH3.F5P.FH.Ru/c1-2-4-5-3-1;1-3-2;3*1-2-3;;1-6(2,3,4)5;;/h1-5H2;3H,1-2H3;2H,1H3;2*1H2;1H3;;1H;/q;+1;4*-1;;;+4/p-1. The van der Waals surface area contributed by atoms with Crippen LogP contribution in [-0.4, -0.2) is 6.21 Å². The summed E-state index contributed by atoms with van der Waals surface area (Å²) in [4.78, 5) is 0. The van der Waals surface area contributed by atoms with E-state index >= 15 is 0 Å². The third-order valence-corrected chi connectivity index (χ3v) is 1.25. The van der Waals surface area contributed by atoms with Crippen LogP contribution in [0.4, 0.5) is 21.0 Å². The number of hydrogen-bond acceptors (Lipinski definition) is 2. The maximum Gasteiger partial charge on any atom is 4.00 e. The van der Waals surface area contributed by atoms with Gasteiger partial charge in [-0.05, 0) is 0 Å². The van der Waals surface area contributed by atoms with Gasteiger partial charge in [0.2, 0.25) is 0 Å². The van der Waals surface area contributed by atoms with E-state index in [-0.39, 0.29) is 31.6 Å². The third kappa shape index (κ3) is 724. The first-order chi connectivity index (χ1) is 10.4. The van der Waals surface area contributed by atoms with Crippen molar-refractivity contribution in [2.75, 3.05) is 0 Å². The Kier molecular flexibility index (Phi) is 74.9. The number of nitrogens with zero attached hydrogens (tertiary/aromatic N) is 3. The van der Waals surface area contributed by atoms with Gasteiger partial charge in [-0.1, -0.05) is 39.0 Å². The smallest absolute Gasteiger partial charge is 1.00 e. The van der Waals surface area contributed by atoms with Gasteiger partial charge in [0.15, 0.2) is 0 Å². The third-order valence-electron chi connectivity index (χ3n) is 1.25. The van der Waals surface area contributed by atoms with E-state index in [2.05, 4.69) is 13.8 Å².